The minimum Gasteiger partial charge on any atom is -0.456 e. The highest BCUT2D eigenvalue weighted by molar-refractivity contribution is 7.25. The normalized spacial score (nSPS) is 12.0. The van der Waals surface area contributed by atoms with Crippen molar-refractivity contribution in [1.29, 1.82) is 0 Å². The van der Waals surface area contributed by atoms with E-state index in [-0.39, 0.29) is 0 Å². The molecule has 0 saturated carbocycles. The predicted molar refractivity (Wildman–Crippen MR) is 187 cm³/mol. The number of aromatic nitrogens is 3. The van der Waals surface area contributed by atoms with E-state index in [0.29, 0.717) is 0 Å². The van der Waals surface area contributed by atoms with E-state index in [1.807, 2.05) is 18.2 Å². The Labute approximate surface area is 261 Å². The second-order valence-corrected chi connectivity index (χ2v) is 12.4. The molecule has 0 bridgehead atoms. The van der Waals surface area contributed by atoms with Crippen molar-refractivity contribution in [2.75, 3.05) is 0 Å². The molecule has 0 amide bonds. The summed E-state index contributed by atoms with van der Waals surface area (Å²) in [6.07, 6.45) is 0. The van der Waals surface area contributed by atoms with Gasteiger partial charge in [-0.2, -0.15) is 0 Å². The van der Waals surface area contributed by atoms with Crippen LogP contribution in [-0.2, 0) is 0 Å². The molecule has 0 radical (unpaired) electrons. The Balaban J connectivity index is 1.16. The molecule has 0 aliphatic carbocycles. The molecule has 5 heteroatoms. The summed E-state index contributed by atoms with van der Waals surface area (Å²) in [6.45, 7) is 0. The number of furan rings is 1. The molecule has 0 saturated heterocycles. The maximum atomic E-state index is 6.30. The van der Waals surface area contributed by atoms with Crippen LogP contribution in [0.3, 0.4) is 0 Å². The van der Waals surface area contributed by atoms with Crippen LogP contribution < -0.4 is 0 Å². The Morgan fingerprint density at radius 1 is 0.511 bits per heavy atom. The van der Waals surface area contributed by atoms with Gasteiger partial charge >= 0.3 is 0 Å². The molecule has 10 aromatic rings. The standard InChI is InChI=1S/C40H23N3OS/c1-2-10-24(11-3-1)38-37-29-14-6-9-17-36(29)45-40(37)42-39(41-38)25-18-20-26(21-19-25)43-32-15-7-4-12-27(32)30-22-31-28-13-5-8-16-34(28)44-35(31)23-33(30)43/h1-23H. The van der Waals surface area contributed by atoms with Crippen molar-refractivity contribution in [2.24, 2.45) is 0 Å². The Morgan fingerprint density at radius 2 is 1.24 bits per heavy atom. The third kappa shape index (κ3) is 3.65. The summed E-state index contributed by atoms with van der Waals surface area (Å²) >= 11 is 1.72. The van der Waals surface area contributed by atoms with Gasteiger partial charge in [0, 0.05) is 59.9 Å². The lowest BCUT2D eigenvalue weighted by molar-refractivity contribution is 0.669. The molecule has 0 unspecified atom stereocenters. The highest BCUT2D eigenvalue weighted by Gasteiger charge is 2.18. The lowest BCUT2D eigenvalue weighted by Crippen LogP contribution is -1.96. The molecule has 4 nitrogen and oxygen atoms in total. The Morgan fingerprint density at radius 3 is 2.11 bits per heavy atom. The lowest BCUT2D eigenvalue weighted by Gasteiger charge is -2.10. The summed E-state index contributed by atoms with van der Waals surface area (Å²) in [5.41, 5.74) is 8.19. The van der Waals surface area contributed by atoms with Gasteiger partial charge in [-0.1, -0.05) is 84.9 Å². The number of rotatable bonds is 3. The molecule has 10 rings (SSSR count). The van der Waals surface area contributed by atoms with Gasteiger partial charge in [0.25, 0.3) is 0 Å². The lowest BCUT2D eigenvalue weighted by atomic mass is 10.1. The number of fused-ring (bicyclic) bond motifs is 9. The van der Waals surface area contributed by atoms with Gasteiger partial charge in [0.1, 0.15) is 16.0 Å². The van der Waals surface area contributed by atoms with Crippen LogP contribution in [0.4, 0.5) is 0 Å². The minimum atomic E-state index is 0.727. The zero-order chi connectivity index (χ0) is 29.5. The van der Waals surface area contributed by atoms with Gasteiger partial charge in [-0.15, -0.1) is 11.3 Å². The molecular weight excluding hydrogens is 571 g/mol. The third-order valence-electron chi connectivity index (χ3n) is 8.84. The van der Waals surface area contributed by atoms with Gasteiger partial charge in [0.15, 0.2) is 5.82 Å². The molecule has 4 aromatic heterocycles. The van der Waals surface area contributed by atoms with Crippen molar-refractivity contribution in [3.63, 3.8) is 0 Å². The van der Waals surface area contributed by atoms with Crippen LogP contribution in [-0.4, -0.2) is 14.5 Å². The molecule has 0 aliphatic heterocycles. The van der Waals surface area contributed by atoms with Crippen molar-refractivity contribution < 1.29 is 4.42 Å². The van der Waals surface area contributed by atoms with Crippen LogP contribution in [0.15, 0.2) is 144 Å². The largest absolute Gasteiger partial charge is 0.456 e. The van der Waals surface area contributed by atoms with Crippen molar-refractivity contribution in [3.05, 3.63) is 140 Å². The van der Waals surface area contributed by atoms with E-state index in [2.05, 4.69) is 126 Å². The third-order valence-corrected chi connectivity index (χ3v) is 9.91. The average molecular weight is 594 g/mol. The van der Waals surface area contributed by atoms with Gasteiger partial charge in [-0.05, 0) is 48.5 Å². The second kappa shape index (κ2) is 9.36. The number of thiophene rings is 1. The average Bonchev–Trinajstić information content (AvgIpc) is 3.76. The number of benzene rings is 6. The van der Waals surface area contributed by atoms with E-state index in [4.69, 9.17) is 14.4 Å². The van der Waals surface area contributed by atoms with Gasteiger partial charge < -0.3 is 8.98 Å². The van der Waals surface area contributed by atoms with Crippen LogP contribution in [0.25, 0.3) is 92.4 Å². The van der Waals surface area contributed by atoms with Gasteiger partial charge in [0.05, 0.1) is 16.7 Å². The first-order chi connectivity index (χ1) is 22.3. The molecule has 0 aliphatic rings. The molecule has 0 spiro atoms. The Bertz CT molecular complexity index is 2750. The van der Waals surface area contributed by atoms with Crippen molar-refractivity contribution >= 4 is 75.4 Å². The zero-order valence-corrected chi connectivity index (χ0v) is 24.8. The van der Waals surface area contributed by atoms with E-state index in [1.54, 1.807) is 11.3 Å². The summed E-state index contributed by atoms with van der Waals surface area (Å²) in [5, 5.41) is 7.02. The molecule has 0 fully saturated rings. The van der Waals surface area contributed by atoms with Gasteiger partial charge in [-0.3, -0.25) is 0 Å². The fourth-order valence-corrected chi connectivity index (χ4v) is 7.86. The maximum absolute atomic E-state index is 6.30. The van der Waals surface area contributed by atoms with Crippen molar-refractivity contribution in [1.82, 2.24) is 14.5 Å². The fraction of sp³-hybridized carbons (Fsp3) is 0. The molecule has 0 atom stereocenters. The van der Waals surface area contributed by atoms with E-state index < -0.39 is 0 Å². The first-order valence-electron chi connectivity index (χ1n) is 15.0. The highest BCUT2D eigenvalue weighted by atomic mass is 32.1. The van der Waals surface area contributed by atoms with Crippen molar-refractivity contribution in [2.45, 2.75) is 0 Å². The predicted octanol–water partition coefficient (Wildman–Crippen LogP) is 11.2. The molecule has 6 aromatic carbocycles. The zero-order valence-electron chi connectivity index (χ0n) is 23.9. The molecule has 4 heterocycles. The molecule has 0 N–H and O–H groups in total. The van der Waals surface area contributed by atoms with Crippen LogP contribution in [0.2, 0.25) is 0 Å². The first kappa shape index (κ1) is 24.6. The second-order valence-electron chi connectivity index (χ2n) is 11.4. The Kier molecular flexibility index (Phi) is 5.12. The van der Waals surface area contributed by atoms with E-state index in [0.717, 1.165) is 71.5 Å². The topological polar surface area (TPSA) is 43.9 Å². The Hall–Kier alpha value is -5.78. The van der Waals surface area contributed by atoms with Gasteiger partial charge in [0.2, 0.25) is 0 Å². The summed E-state index contributed by atoms with van der Waals surface area (Å²) in [6, 6.07) is 48.9. The number of nitrogens with zero attached hydrogens (tertiary/aromatic N) is 3. The fourth-order valence-electron chi connectivity index (χ4n) is 6.78. The monoisotopic (exact) mass is 593 g/mol. The smallest absolute Gasteiger partial charge is 0.161 e. The summed E-state index contributed by atoms with van der Waals surface area (Å²) in [4.78, 5) is 11.3. The van der Waals surface area contributed by atoms with Gasteiger partial charge in [-0.25, -0.2) is 9.97 Å². The summed E-state index contributed by atoms with van der Waals surface area (Å²) in [5.74, 6) is 0.727. The van der Waals surface area contributed by atoms with Crippen LogP contribution in [0, 0.1) is 0 Å². The minimum absolute atomic E-state index is 0.727. The number of hydrogen-bond acceptors (Lipinski definition) is 4. The molecular formula is C40H23N3OS. The maximum Gasteiger partial charge on any atom is 0.161 e. The SMILES string of the molecule is c1ccc(-c2nc(-c3ccc(-n4c5ccccc5c5cc6c(cc54)oc4ccccc46)cc3)nc3sc4ccccc4c23)cc1. The van der Waals surface area contributed by atoms with Crippen LogP contribution in [0.1, 0.15) is 0 Å². The van der Waals surface area contributed by atoms with E-state index >= 15 is 0 Å². The number of hydrogen-bond donors (Lipinski definition) is 0. The molecule has 210 valence electrons. The van der Waals surface area contributed by atoms with Crippen LogP contribution in [0.5, 0.6) is 0 Å². The highest BCUT2D eigenvalue weighted by Crippen LogP contribution is 2.41. The van der Waals surface area contributed by atoms with E-state index in [1.165, 1.54) is 20.9 Å². The summed E-state index contributed by atoms with van der Waals surface area (Å²) in [7, 11) is 0. The first-order valence-corrected chi connectivity index (χ1v) is 15.8. The van der Waals surface area contributed by atoms with E-state index in [9.17, 15) is 0 Å². The molecule has 45 heavy (non-hydrogen) atoms. The number of para-hydroxylation sites is 2. The quantitative estimate of drug-likeness (QED) is 0.205. The van der Waals surface area contributed by atoms with Crippen LogP contribution >= 0.6 is 11.3 Å². The van der Waals surface area contributed by atoms with Crippen molar-refractivity contribution in [3.8, 4) is 28.3 Å². The summed E-state index contributed by atoms with van der Waals surface area (Å²) < 4.78 is 9.84.